The van der Waals surface area contributed by atoms with Gasteiger partial charge in [0.15, 0.2) is 0 Å². The van der Waals surface area contributed by atoms with E-state index in [0.29, 0.717) is 6.54 Å². The van der Waals surface area contributed by atoms with E-state index in [1.807, 2.05) is 35.7 Å². The molecule has 0 saturated heterocycles. The molecule has 1 aromatic heterocycles. The van der Waals surface area contributed by atoms with Crippen molar-refractivity contribution in [2.24, 2.45) is 0 Å². The van der Waals surface area contributed by atoms with Gasteiger partial charge in [0.05, 0.1) is 0 Å². The van der Waals surface area contributed by atoms with Crippen LogP contribution in [0, 0.1) is 0 Å². The lowest BCUT2D eigenvalue weighted by Crippen LogP contribution is -2.20. The van der Waals surface area contributed by atoms with Gasteiger partial charge in [-0.1, -0.05) is 40.2 Å². The Kier molecular flexibility index (Phi) is 4.74. The smallest absolute Gasteiger partial charge is 0.101 e. The third-order valence-corrected chi connectivity index (χ3v) is 4.23. The number of aliphatic hydroxyl groups excluding tert-OH is 1. The van der Waals surface area contributed by atoms with E-state index in [1.165, 1.54) is 5.56 Å². The van der Waals surface area contributed by atoms with E-state index >= 15 is 0 Å². The molecule has 90 valence electrons. The van der Waals surface area contributed by atoms with Gasteiger partial charge < -0.3 is 10.4 Å². The maximum Gasteiger partial charge on any atom is 0.101 e. The van der Waals surface area contributed by atoms with Crippen LogP contribution in [0.4, 0.5) is 0 Å². The third kappa shape index (κ3) is 3.64. The minimum Gasteiger partial charge on any atom is -0.386 e. The van der Waals surface area contributed by atoms with Crippen molar-refractivity contribution in [1.29, 1.82) is 0 Å². The highest BCUT2D eigenvalue weighted by Crippen LogP contribution is 2.19. The fourth-order valence-corrected chi connectivity index (χ4v) is 2.70. The summed E-state index contributed by atoms with van der Waals surface area (Å²) in [5.74, 6) is 0. The van der Waals surface area contributed by atoms with Crippen molar-refractivity contribution in [2.45, 2.75) is 12.6 Å². The van der Waals surface area contributed by atoms with E-state index in [0.717, 1.165) is 15.9 Å². The molecule has 1 atom stereocenters. The number of hydrogen-bond acceptors (Lipinski definition) is 3. The minimum absolute atomic E-state index is 0.419. The van der Waals surface area contributed by atoms with Gasteiger partial charge in [0.2, 0.25) is 0 Å². The first-order valence-corrected chi connectivity index (χ1v) is 7.10. The van der Waals surface area contributed by atoms with E-state index in [9.17, 15) is 5.11 Å². The van der Waals surface area contributed by atoms with Crippen molar-refractivity contribution in [3.63, 3.8) is 0 Å². The summed E-state index contributed by atoms with van der Waals surface area (Å²) in [5.41, 5.74) is 1.20. The third-order valence-electron chi connectivity index (χ3n) is 2.48. The number of thiophene rings is 1. The zero-order valence-corrected chi connectivity index (χ0v) is 11.7. The summed E-state index contributed by atoms with van der Waals surface area (Å²) in [5, 5.41) is 15.1. The predicted octanol–water partition coefficient (Wildman–Crippen LogP) is 3.33. The van der Waals surface area contributed by atoms with E-state index in [1.54, 1.807) is 11.3 Å². The van der Waals surface area contributed by atoms with E-state index in [-0.39, 0.29) is 0 Å². The molecule has 0 spiro atoms. The highest BCUT2D eigenvalue weighted by Gasteiger charge is 2.07. The standard InChI is InChI=1S/C13H14BrNOS/c14-11-5-2-1-4-10(11)8-15-9-12(16)13-6-3-7-17-13/h1-7,12,15-16H,8-9H2. The maximum atomic E-state index is 9.89. The summed E-state index contributed by atoms with van der Waals surface area (Å²) in [6.07, 6.45) is -0.419. The van der Waals surface area contributed by atoms with Gasteiger partial charge in [-0.25, -0.2) is 0 Å². The normalized spacial score (nSPS) is 12.6. The molecule has 0 saturated carbocycles. The van der Waals surface area contributed by atoms with E-state index in [2.05, 4.69) is 27.3 Å². The summed E-state index contributed by atoms with van der Waals surface area (Å²) in [4.78, 5) is 1.00. The van der Waals surface area contributed by atoms with Crippen LogP contribution >= 0.6 is 27.3 Å². The molecule has 1 aromatic carbocycles. The second kappa shape index (κ2) is 6.31. The fourth-order valence-electron chi connectivity index (χ4n) is 1.57. The van der Waals surface area contributed by atoms with Crippen LogP contribution < -0.4 is 5.32 Å². The number of halogens is 1. The van der Waals surface area contributed by atoms with Crippen LogP contribution in [0.3, 0.4) is 0 Å². The first-order valence-electron chi connectivity index (χ1n) is 5.43. The molecule has 0 aliphatic rings. The Balaban J connectivity index is 1.82. The van der Waals surface area contributed by atoms with Gasteiger partial charge in [-0.2, -0.15) is 0 Å². The van der Waals surface area contributed by atoms with Gasteiger partial charge in [-0.15, -0.1) is 11.3 Å². The van der Waals surface area contributed by atoms with Crippen LogP contribution in [0.25, 0.3) is 0 Å². The molecule has 0 bridgehead atoms. The molecule has 2 aromatic rings. The van der Waals surface area contributed by atoms with Gasteiger partial charge in [0.1, 0.15) is 6.10 Å². The molecule has 1 unspecified atom stereocenters. The molecule has 2 nitrogen and oxygen atoms in total. The molecule has 0 radical (unpaired) electrons. The van der Waals surface area contributed by atoms with Crippen molar-refractivity contribution in [3.05, 3.63) is 56.7 Å². The topological polar surface area (TPSA) is 32.3 Å². The Morgan fingerprint density at radius 1 is 1.24 bits per heavy atom. The molecule has 17 heavy (non-hydrogen) atoms. The van der Waals surface area contributed by atoms with Crippen molar-refractivity contribution in [1.82, 2.24) is 5.32 Å². The SMILES string of the molecule is OC(CNCc1ccccc1Br)c1cccs1. The number of aliphatic hydroxyl groups is 1. The van der Waals surface area contributed by atoms with Crippen molar-refractivity contribution in [3.8, 4) is 0 Å². The Hall–Kier alpha value is -0.680. The Morgan fingerprint density at radius 2 is 2.06 bits per heavy atom. The average Bonchev–Trinajstić information content (AvgIpc) is 2.85. The second-order valence-electron chi connectivity index (χ2n) is 3.75. The lowest BCUT2D eigenvalue weighted by Gasteiger charge is -2.10. The number of benzene rings is 1. The van der Waals surface area contributed by atoms with Gasteiger partial charge in [-0.05, 0) is 23.1 Å². The fraction of sp³-hybridized carbons (Fsp3) is 0.231. The first-order chi connectivity index (χ1) is 8.27. The van der Waals surface area contributed by atoms with E-state index < -0.39 is 6.10 Å². The Morgan fingerprint density at radius 3 is 2.76 bits per heavy atom. The average molecular weight is 312 g/mol. The molecule has 0 aliphatic heterocycles. The van der Waals surface area contributed by atoms with Crippen LogP contribution in [-0.2, 0) is 6.54 Å². The largest absolute Gasteiger partial charge is 0.386 e. The summed E-state index contributed by atoms with van der Waals surface area (Å²) < 4.78 is 1.10. The van der Waals surface area contributed by atoms with Gasteiger partial charge >= 0.3 is 0 Å². The van der Waals surface area contributed by atoms with Crippen molar-refractivity contribution in [2.75, 3.05) is 6.54 Å². The predicted molar refractivity (Wildman–Crippen MR) is 75.1 cm³/mol. The Bertz CT molecular complexity index is 458. The second-order valence-corrected chi connectivity index (χ2v) is 5.59. The van der Waals surface area contributed by atoms with Crippen LogP contribution in [0.1, 0.15) is 16.5 Å². The summed E-state index contributed by atoms with van der Waals surface area (Å²) >= 11 is 5.08. The zero-order valence-electron chi connectivity index (χ0n) is 9.27. The highest BCUT2D eigenvalue weighted by atomic mass is 79.9. The summed E-state index contributed by atoms with van der Waals surface area (Å²) in [7, 11) is 0. The number of rotatable bonds is 5. The molecule has 2 rings (SSSR count). The van der Waals surface area contributed by atoms with Crippen LogP contribution in [0.5, 0.6) is 0 Å². The highest BCUT2D eigenvalue weighted by molar-refractivity contribution is 9.10. The molecular formula is C13H14BrNOS. The minimum atomic E-state index is -0.419. The lowest BCUT2D eigenvalue weighted by molar-refractivity contribution is 0.178. The zero-order chi connectivity index (χ0) is 12.1. The van der Waals surface area contributed by atoms with Crippen molar-refractivity contribution < 1.29 is 5.11 Å². The monoisotopic (exact) mass is 311 g/mol. The lowest BCUT2D eigenvalue weighted by atomic mass is 10.2. The number of hydrogen-bond donors (Lipinski definition) is 2. The molecule has 0 fully saturated rings. The first kappa shape index (κ1) is 12.8. The summed E-state index contributed by atoms with van der Waals surface area (Å²) in [6.45, 7) is 1.33. The van der Waals surface area contributed by atoms with E-state index in [4.69, 9.17) is 0 Å². The number of nitrogens with one attached hydrogen (secondary N) is 1. The van der Waals surface area contributed by atoms with Gasteiger partial charge in [0.25, 0.3) is 0 Å². The molecule has 4 heteroatoms. The van der Waals surface area contributed by atoms with Crippen LogP contribution in [0.15, 0.2) is 46.3 Å². The molecule has 2 N–H and O–H groups in total. The Labute approximate surface area is 113 Å². The van der Waals surface area contributed by atoms with Gasteiger partial charge in [-0.3, -0.25) is 0 Å². The van der Waals surface area contributed by atoms with Crippen molar-refractivity contribution >= 4 is 27.3 Å². The molecular weight excluding hydrogens is 298 g/mol. The summed E-state index contributed by atoms with van der Waals surface area (Å²) in [6, 6.07) is 12.0. The maximum absolute atomic E-state index is 9.89. The van der Waals surface area contributed by atoms with Crippen LogP contribution in [-0.4, -0.2) is 11.7 Å². The molecule has 0 aliphatic carbocycles. The molecule has 0 amide bonds. The quantitative estimate of drug-likeness (QED) is 0.887. The van der Waals surface area contributed by atoms with Crippen LogP contribution in [0.2, 0.25) is 0 Å². The van der Waals surface area contributed by atoms with Gasteiger partial charge in [0, 0.05) is 22.4 Å². The molecule has 1 heterocycles.